The van der Waals surface area contributed by atoms with Crippen molar-refractivity contribution >= 4 is 17.5 Å². The van der Waals surface area contributed by atoms with E-state index in [1.165, 1.54) is 5.43 Å². The molecule has 0 aliphatic rings. The zero-order chi connectivity index (χ0) is 13.9. The highest BCUT2D eigenvalue weighted by Gasteiger charge is 2.35. The van der Waals surface area contributed by atoms with Crippen LogP contribution in [-0.2, 0) is 15.8 Å². The lowest BCUT2D eigenvalue weighted by molar-refractivity contribution is -0.140. The number of alkyl halides is 3. The molecular weight excluding hydrogens is 258 g/mol. The molecule has 0 fully saturated rings. The second-order valence-corrected chi connectivity index (χ2v) is 3.09. The lowest BCUT2D eigenvalue weighted by Crippen LogP contribution is -2.39. The summed E-state index contributed by atoms with van der Waals surface area (Å²) in [6.45, 7) is 0. The first-order chi connectivity index (χ1) is 8.27. The molecule has 0 atom stereocenters. The van der Waals surface area contributed by atoms with Crippen LogP contribution in [-0.4, -0.2) is 11.8 Å². The summed E-state index contributed by atoms with van der Waals surface area (Å²) in [6.07, 6.45) is -4.90. The Labute approximate surface area is 97.9 Å². The van der Waals surface area contributed by atoms with E-state index in [2.05, 4.69) is 5.84 Å². The van der Waals surface area contributed by atoms with Crippen molar-refractivity contribution in [2.45, 2.75) is 6.18 Å². The number of halogens is 4. The number of amides is 2. The Morgan fingerprint density at radius 1 is 1.17 bits per heavy atom. The SMILES string of the molecule is NNC(=O)C(=O)Nc1cccc(C(F)(F)F)c1F. The van der Waals surface area contributed by atoms with Gasteiger partial charge in [-0.2, -0.15) is 13.2 Å². The number of anilines is 1. The molecule has 1 rings (SSSR count). The number of carbonyl (C=O) groups excluding carboxylic acids is 2. The second-order valence-electron chi connectivity index (χ2n) is 3.09. The molecular formula is C9H7F4N3O2. The van der Waals surface area contributed by atoms with Gasteiger partial charge in [0.25, 0.3) is 0 Å². The molecule has 0 radical (unpaired) electrons. The summed E-state index contributed by atoms with van der Waals surface area (Å²) in [6, 6.07) is 2.28. The van der Waals surface area contributed by atoms with Gasteiger partial charge in [-0.3, -0.25) is 15.0 Å². The van der Waals surface area contributed by atoms with Gasteiger partial charge in [0.1, 0.15) is 0 Å². The van der Waals surface area contributed by atoms with Gasteiger partial charge in [0.15, 0.2) is 5.82 Å². The van der Waals surface area contributed by atoms with Crippen LogP contribution in [0.4, 0.5) is 23.2 Å². The Kier molecular flexibility index (Phi) is 3.86. The fourth-order valence-electron chi connectivity index (χ4n) is 1.09. The number of hydrogen-bond acceptors (Lipinski definition) is 3. The quantitative estimate of drug-likeness (QED) is 0.230. The highest BCUT2D eigenvalue weighted by molar-refractivity contribution is 6.39. The molecule has 2 amide bonds. The largest absolute Gasteiger partial charge is 0.419 e. The predicted octanol–water partition coefficient (Wildman–Crippen LogP) is 0.773. The van der Waals surface area contributed by atoms with E-state index in [0.29, 0.717) is 6.07 Å². The Morgan fingerprint density at radius 3 is 2.28 bits per heavy atom. The average molecular weight is 265 g/mol. The topological polar surface area (TPSA) is 84.2 Å². The molecule has 4 N–H and O–H groups in total. The minimum Gasteiger partial charge on any atom is -0.315 e. The molecule has 0 saturated carbocycles. The molecule has 0 unspecified atom stereocenters. The van der Waals surface area contributed by atoms with Gasteiger partial charge >= 0.3 is 18.0 Å². The van der Waals surface area contributed by atoms with Crippen molar-refractivity contribution in [3.63, 3.8) is 0 Å². The summed E-state index contributed by atoms with van der Waals surface area (Å²) in [5.41, 5.74) is -0.859. The molecule has 0 aromatic heterocycles. The van der Waals surface area contributed by atoms with Gasteiger partial charge in [0, 0.05) is 0 Å². The van der Waals surface area contributed by atoms with Crippen LogP contribution in [0, 0.1) is 5.82 Å². The molecule has 5 nitrogen and oxygen atoms in total. The molecule has 0 saturated heterocycles. The number of hydrazine groups is 1. The maximum Gasteiger partial charge on any atom is 0.419 e. The van der Waals surface area contributed by atoms with Crippen LogP contribution in [0.25, 0.3) is 0 Å². The number of nitrogens with two attached hydrogens (primary N) is 1. The average Bonchev–Trinajstić information content (AvgIpc) is 2.29. The van der Waals surface area contributed by atoms with Crippen molar-refractivity contribution in [1.82, 2.24) is 5.43 Å². The zero-order valence-corrected chi connectivity index (χ0v) is 8.64. The minimum atomic E-state index is -4.90. The Bertz CT molecular complexity index is 487. The highest BCUT2D eigenvalue weighted by Crippen LogP contribution is 2.33. The standard InChI is InChI=1S/C9H7F4N3O2/c10-6-4(9(11,12)13)2-1-3-5(6)15-7(17)8(18)16-14/h1-3H,14H2,(H,15,17)(H,16,18). The third-order valence-corrected chi connectivity index (χ3v) is 1.89. The summed E-state index contributed by atoms with van der Waals surface area (Å²) in [4.78, 5) is 21.7. The zero-order valence-electron chi connectivity index (χ0n) is 8.64. The van der Waals surface area contributed by atoms with Crippen LogP contribution in [0.2, 0.25) is 0 Å². The van der Waals surface area contributed by atoms with E-state index in [9.17, 15) is 27.2 Å². The third kappa shape index (κ3) is 2.94. The third-order valence-electron chi connectivity index (χ3n) is 1.89. The number of hydrogen-bond donors (Lipinski definition) is 3. The highest BCUT2D eigenvalue weighted by atomic mass is 19.4. The molecule has 0 bridgehead atoms. The molecule has 9 heteroatoms. The van der Waals surface area contributed by atoms with Crippen molar-refractivity contribution in [3.8, 4) is 0 Å². The Hall–Kier alpha value is -2.16. The van der Waals surface area contributed by atoms with Crippen LogP contribution < -0.4 is 16.6 Å². The number of benzene rings is 1. The number of rotatable bonds is 1. The Morgan fingerprint density at radius 2 is 1.78 bits per heavy atom. The Balaban J connectivity index is 3.06. The van der Waals surface area contributed by atoms with Crippen LogP contribution in [0.3, 0.4) is 0 Å². The van der Waals surface area contributed by atoms with E-state index in [4.69, 9.17) is 0 Å². The second kappa shape index (κ2) is 5.00. The van der Waals surface area contributed by atoms with Crippen LogP contribution in [0.5, 0.6) is 0 Å². The van der Waals surface area contributed by atoms with E-state index in [1.807, 2.05) is 0 Å². The van der Waals surface area contributed by atoms with Gasteiger partial charge in [-0.1, -0.05) is 6.07 Å². The first-order valence-electron chi connectivity index (χ1n) is 4.45. The molecule has 18 heavy (non-hydrogen) atoms. The van der Waals surface area contributed by atoms with Crippen molar-refractivity contribution in [1.29, 1.82) is 0 Å². The predicted molar refractivity (Wildman–Crippen MR) is 52.4 cm³/mol. The normalized spacial score (nSPS) is 10.9. The number of carbonyl (C=O) groups is 2. The molecule has 0 aliphatic heterocycles. The smallest absolute Gasteiger partial charge is 0.315 e. The van der Waals surface area contributed by atoms with E-state index >= 15 is 0 Å². The molecule has 1 aromatic rings. The summed E-state index contributed by atoms with van der Waals surface area (Å²) in [5.74, 6) is 0.260. The van der Waals surface area contributed by atoms with E-state index < -0.39 is 35.1 Å². The lowest BCUT2D eigenvalue weighted by atomic mass is 10.1. The summed E-state index contributed by atoms with van der Waals surface area (Å²) in [5, 5.41) is 1.67. The summed E-state index contributed by atoms with van der Waals surface area (Å²) >= 11 is 0. The first kappa shape index (κ1) is 13.9. The van der Waals surface area contributed by atoms with Gasteiger partial charge in [0.2, 0.25) is 0 Å². The van der Waals surface area contributed by atoms with E-state index in [1.54, 1.807) is 5.32 Å². The summed E-state index contributed by atoms with van der Waals surface area (Å²) < 4.78 is 50.4. The fourth-order valence-corrected chi connectivity index (χ4v) is 1.09. The van der Waals surface area contributed by atoms with E-state index in [0.717, 1.165) is 12.1 Å². The van der Waals surface area contributed by atoms with Gasteiger partial charge in [-0.25, -0.2) is 10.2 Å². The maximum atomic E-state index is 13.4. The van der Waals surface area contributed by atoms with Crippen molar-refractivity contribution < 1.29 is 27.2 Å². The minimum absolute atomic E-state index is 0.508. The molecule has 0 heterocycles. The molecule has 0 spiro atoms. The van der Waals surface area contributed by atoms with E-state index in [-0.39, 0.29) is 0 Å². The molecule has 98 valence electrons. The monoisotopic (exact) mass is 265 g/mol. The summed E-state index contributed by atoms with van der Waals surface area (Å²) in [7, 11) is 0. The van der Waals surface area contributed by atoms with Crippen LogP contribution >= 0.6 is 0 Å². The van der Waals surface area contributed by atoms with Gasteiger partial charge in [0.05, 0.1) is 11.3 Å². The molecule has 1 aromatic carbocycles. The lowest BCUT2D eigenvalue weighted by Gasteiger charge is -2.11. The maximum absolute atomic E-state index is 13.4. The van der Waals surface area contributed by atoms with Crippen LogP contribution in [0.15, 0.2) is 18.2 Å². The first-order valence-corrected chi connectivity index (χ1v) is 4.45. The van der Waals surface area contributed by atoms with Gasteiger partial charge in [-0.05, 0) is 12.1 Å². The molecule has 0 aliphatic carbocycles. The number of nitrogens with one attached hydrogen (secondary N) is 2. The van der Waals surface area contributed by atoms with Crippen molar-refractivity contribution in [3.05, 3.63) is 29.6 Å². The van der Waals surface area contributed by atoms with Gasteiger partial charge < -0.3 is 5.32 Å². The van der Waals surface area contributed by atoms with Crippen molar-refractivity contribution in [2.24, 2.45) is 5.84 Å². The van der Waals surface area contributed by atoms with Crippen LogP contribution in [0.1, 0.15) is 5.56 Å². The van der Waals surface area contributed by atoms with Gasteiger partial charge in [-0.15, -0.1) is 0 Å². The fraction of sp³-hybridized carbons (Fsp3) is 0.111. The van der Waals surface area contributed by atoms with Crippen molar-refractivity contribution in [2.75, 3.05) is 5.32 Å².